The summed E-state index contributed by atoms with van der Waals surface area (Å²) in [7, 11) is 0. The number of imide groups is 1. The summed E-state index contributed by atoms with van der Waals surface area (Å²) in [5, 5.41) is 1.37. The highest BCUT2D eigenvalue weighted by molar-refractivity contribution is 6.26. The van der Waals surface area contributed by atoms with Crippen LogP contribution >= 0.6 is 0 Å². The van der Waals surface area contributed by atoms with Gasteiger partial charge >= 0.3 is 0 Å². The number of nitrogen functional groups attached to an aromatic ring is 2. The Morgan fingerprint density at radius 1 is 0.885 bits per heavy atom. The van der Waals surface area contributed by atoms with Crippen LogP contribution in [0.3, 0.4) is 0 Å². The van der Waals surface area contributed by atoms with E-state index in [1.165, 1.54) is 4.90 Å². The maximum atomic E-state index is 12.9. The second-order valence-corrected chi connectivity index (χ2v) is 6.80. The van der Waals surface area contributed by atoms with Gasteiger partial charge in [0.15, 0.2) is 0 Å². The molecule has 1 saturated heterocycles. The summed E-state index contributed by atoms with van der Waals surface area (Å²) in [6.07, 6.45) is 0.723. The smallest absolute Gasteiger partial charge is 0.261 e. The van der Waals surface area contributed by atoms with Crippen LogP contribution in [0.2, 0.25) is 0 Å². The normalized spacial score (nSPS) is 17.9. The van der Waals surface area contributed by atoms with Gasteiger partial charge in [0.1, 0.15) is 0 Å². The third kappa shape index (κ3) is 2.89. The van der Waals surface area contributed by atoms with Crippen LogP contribution in [-0.2, 0) is 4.74 Å². The van der Waals surface area contributed by atoms with E-state index >= 15 is 0 Å². The van der Waals surface area contributed by atoms with Crippen molar-refractivity contribution in [3.63, 3.8) is 0 Å². The number of anilines is 2. The molecule has 1 fully saturated rings. The Bertz CT molecular complexity index is 833. The van der Waals surface area contributed by atoms with Crippen LogP contribution < -0.4 is 11.5 Å². The molecule has 4 N–H and O–H groups in total. The van der Waals surface area contributed by atoms with Crippen LogP contribution in [0.25, 0.3) is 10.8 Å². The zero-order valence-corrected chi connectivity index (χ0v) is 14.5. The molecule has 0 spiro atoms. The van der Waals surface area contributed by atoms with E-state index < -0.39 is 0 Å². The molecular formula is C19H22N4O3. The minimum Gasteiger partial charge on any atom is -0.399 e. The molecule has 0 bridgehead atoms. The molecule has 0 saturated carbocycles. The van der Waals surface area contributed by atoms with Crippen molar-refractivity contribution in [2.24, 2.45) is 0 Å². The first-order valence-corrected chi connectivity index (χ1v) is 8.83. The summed E-state index contributed by atoms with van der Waals surface area (Å²) in [4.78, 5) is 29.4. The molecule has 7 nitrogen and oxygen atoms in total. The molecule has 136 valence electrons. The van der Waals surface area contributed by atoms with Crippen LogP contribution in [0, 0.1) is 0 Å². The molecule has 7 heteroatoms. The number of ether oxygens (including phenoxy) is 1. The summed E-state index contributed by atoms with van der Waals surface area (Å²) in [5.74, 6) is -0.571. The number of hydrogen-bond acceptors (Lipinski definition) is 6. The first kappa shape index (κ1) is 16.8. The number of nitrogens with zero attached hydrogens (tertiary/aromatic N) is 2. The Morgan fingerprint density at radius 3 is 2.04 bits per heavy atom. The number of amides is 2. The molecule has 2 aromatic rings. The van der Waals surface area contributed by atoms with Crippen molar-refractivity contribution >= 4 is 34.0 Å². The number of morpholine rings is 1. The molecular weight excluding hydrogens is 332 g/mol. The monoisotopic (exact) mass is 354 g/mol. The molecule has 2 heterocycles. The topological polar surface area (TPSA) is 102 Å². The van der Waals surface area contributed by atoms with E-state index in [0.717, 1.165) is 44.7 Å². The largest absolute Gasteiger partial charge is 0.399 e. The first-order valence-electron chi connectivity index (χ1n) is 8.83. The fraction of sp³-hybridized carbons (Fsp3) is 0.368. The fourth-order valence-corrected chi connectivity index (χ4v) is 3.76. The van der Waals surface area contributed by atoms with E-state index in [9.17, 15) is 9.59 Å². The van der Waals surface area contributed by atoms with E-state index in [1.807, 2.05) is 0 Å². The van der Waals surface area contributed by atoms with Crippen molar-refractivity contribution in [3.05, 3.63) is 35.4 Å². The van der Waals surface area contributed by atoms with Gasteiger partial charge in [0, 0.05) is 42.9 Å². The van der Waals surface area contributed by atoms with Gasteiger partial charge in [0.05, 0.1) is 24.3 Å². The number of carbonyl (C=O) groups excluding carboxylic acids is 2. The molecule has 4 rings (SSSR count). The number of nitrogens with two attached hydrogens (primary N) is 2. The molecule has 2 aromatic carbocycles. The van der Waals surface area contributed by atoms with E-state index in [0.29, 0.717) is 34.4 Å². The van der Waals surface area contributed by atoms with Crippen molar-refractivity contribution in [1.29, 1.82) is 0 Å². The maximum Gasteiger partial charge on any atom is 0.261 e. The zero-order valence-electron chi connectivity index (χ0n) is 14.5. The minimum absolute atomic E-state index is 0.286. The molecule has 26 heavy (non-hydrogen) atoms. The number of benzene rings is 2. The third-order valence-corrected chi connectivity index (χ3v) is 5.00. The summed E-state index contributed by atoms with van der Waals surface area (Å²) in [6, 6.07) is 6.78. The SMILES string of the molecule is Nc1cc2c3c(cc(N)cc3c1)C(=O)N(CCCN1CCOCC1)C2=O. The molecule has 0 aromatic heterocycles. The van der Waals surface area contributed by atoms with Crippen molar-refractivity contribution in [2.45, 2.75) is 6.42 Å². The van der Waals surface area contributed by atoms with Gasteiger partial charge in [-0.05, 0) is 36.1 Å². The summed E-state index contributed by atoms with van der Waals surface area (Å²) < 4.78 is 5.34. The predicted octanol–water partition coefficient (Wildman–Crippen LogP) is 1.32. The summed E-state index contributed by atoms with van der Waals surface area (Å²) >= 11 is 0. The van der Waals surface area contributed by atoms with E-state index in [-0.39, 0.29) is 11.8 Å². The summed E-state index contributed by atoms with van der Waals surface area (Å²) in [5.41, 5.74) is 13.8. The van der Waals surface area contributed by atoms with Crippen molar-refractivity contribution in [3.8, 4) is 0 Å². The fourth-order valence-electron chi connectivity index (χ4n) is 3.76. The van der Waals surface area contributed by atoms with E-state index in [4.69, 9.17) is 16.2 Å². The van der Waals surface area contributed by atoms with Gasteiger partial charge in [-0.1, -0.05) is 0 Å². The van der Waals surface area contributed by atoms with Gasteiger partial charge in [0.2, 0.25) is 0 Å². The Balaban J connectivity index is 1.60. The maximum absolute atomic E-state index is 12.9. The van der Waals surface area contributed by atoms with Gasteiger partial charge in [-0.3, -0.25) is 19.4 Å². The molecule has 0 unspecified atom stereocenters. The molecule has 0 aliphatic carbocycles. The van der Waals surface area contributed by atoms with E-state index in [2.05, 4.69) is 4.90 Å². The second-order valence-electron chi connectivity index (χ2n) is 6.80. The van der Waals surface area contributed by atoms with Gasteiger partial charge in [0.25, 0.3) is 11.8 Å². The Kier molecular flexibility index (Phi) is 4.26. The molecule has 2 aliphatic heterocycles. The molecule has 2 amide bonds. The van der Waals surface area contributed by atoms with Crippen LogP contribution in [0.1, 0.15) is 27.1 Å². The van der Waals surface area contributed by atoms with Crippen LogP contribution in [-0.4, -0.2) is 61.0 Å². The van der Waals surface area contributed by atoms with Gasteiger partial charge < -0.3 is 16.2 Å². The average Bonchev–Trinajstić information content (AvgIpc) is 2.62. The predicted molar refractivity (Wildman–Crippen MR) is 100 cm³/mol. The lowest BCUT2D eigenvalue weighted by Gasteiger charge is -2.30. The average molecular weight is 354 g/mol. The highest BCUT2D eigenvalue weighted by Gasteiger charge is 2.33. The van der Waals surface area contributed by atoms with Crippen LogP contribution in [0.15, 0.2) is 24.3 Å². The molecule has 0 atom stereocenters. The van der Waals surface area contributed by atoms with Gasteiger partial charge in [-0.25, -0.2) is 0 Å². The quantitative estimate of drug-likeness (QED) is 0.634. The number of rotatable bonds is 4. The second kappa shape index (κ2) is 6.59. The lowest BCUT2D eigenvalue weighted by Crippen LogP contribution is -2.43. The highest BCUT2D eigenvalue weighted by atomic mass is 16.5. The first-order chi connectivity index (χ1) is 12.5. The van der Waals surface area contributed by atoms with Crippen molar-refractivity contribution < 1.29 is 14.3 Å². The van der Waals surface area contributed by atoms with E-state index in [1.54, 1.807) is 24.3 Å². The van der Waals surface area contributed by atoms with Gasteiger partial charge in [-0.15, -0.1) is 0 Å². The number of hydrogen-bond donors (Lipinski definition) is 2. The number of carbonyl (C=O) groups is 2. The molecule has 0 radical (unpaired) electrons. The Morgan fingerprint density at radius 2 is 1.46 bits per heavy atom. The van der Waals surface area contributed by atoms with Gasteiger partial charge in [-0.2, -0.15) is 0 Å². The third-order valence-electron chi connectivity index (χ3n) is 5.00. The summed E-state index contributed by atoms with van der Waals surface area (Å²) in [6.45, 7) is 4.44. The lowest BCUT2D eigenvalue weighted by atomic mass is 9.92. The lowest BCUT2D eigenvalue weighted by molar-refractivity contribution is 0.0352. The Hall–Kier alpha value is -2.64. The Labute approximate surface area is 151 Å². The zero-order chi connectivity index (χ0) is 18.3. The minimum atomic E-state index is -0.286. The van der Waals surface area contributed by atoms with Crippen molar-refractivity contribution in [1.82, 2.24) is 9.80 Å². The van der Waals surface area contributed by atoms with Crippen LogP contribution in [0.5, 0.6) is 0 Å². The van der Waals surface area contributed by atoms with Crippen LogP contribution in [0.4, 0.5) is 11.4 Å². The standard InChI is InChI=1S/C19H22N4O3/c20-13-8-12-9-14(21)11-16-17(12)15(10-13)18(24)23(19(16)25)3-1-2-22-4-6-26-7-5-22/h8-11H,1-7,20-21H2. The highest BCUT2D eigenvalue weighted by Crippen LogP contribution is 2.33. The van der Waals surface area contributed by atoms with Crippen molar-refractivity contribution in [2.75, 3.05) is 50.9 Å². The molecule has 2 aliphatic rings.